The van der Waals surface area contributed by atoms with E-state index in [1.165, 1.54) is 12.1 Å². The molecule has 0 fully saturated rings. The first-order valence-corrected chi connectivity index (χ1v) is 6.06. The number of nitrogens with zero attached hydrogens (tertiary/aromatic N) is 2. The summed E-state index contributed by atoms with van der Waals surface area (Å²) < 4.78 is 27.1. The molecule has 0 aliphatic heterocycles. The zero-order chi connectivity index (χ0) is 12.3. The maximum Gasteiger partial charge on any atom is 0.125 e. The van der Waals surface area contributed by atoms with E-state index in [9.17, 15) is 8.78 Å². The highest BCUT2D eigenvalue weighted by molar-refractivity contribution is 6.16. The highest BCUT2D eigenvalue weighted by atomic mass is 35.5. The van der Waals surface area contributed by atoms with Crippen LogP contribution in [-0.4, -0.2) is 16.2 Å². The SMILES string of the molecule is FCCCCn1c(CCl)nc2cc(F)ccc21. The van der Waals surface area contributed by atoms with Crippen molar-refractivity contribution in [3.8, 4) is 0 Å². The Labute approximate surface area is 103 Å². The Morgan fingerprint density at radius 2 is 2.12 bits per heavy atom. The quantitative estimate of drug-likeness (QED) is 0.591. The average molecular weight is 259 g/mol. The predicted octanol–water partition coefficient (Wildman–Crippen LogP) is 3.66. The van der Waals surface area contributed by atoms with Gasteiger partial charge in [0.05, 0.1) is 23.6 Å². The van der Waals surface area contributed by atoms with Gasteiger partial charge in [0.2, 0.25) is 0 Å². The Bertz CT molecular complexity index is 510. The van der Waals surface area contributed by atoms with Crippen molar-refractivity contribution >= 4 is 22.6 Å². The van der Waals surface area contributed by atoms with Crippen LogP contribution < -0.4 is 0 Å². The summed E-state index contributed by atoms with van der Waals surface area (Å²) in [7, 11) is 0. The van der Waals surface area contributed by atoms with Crippen LogP contribution in [0, 0.1) is 5.82 Å². The first-order valence-electron chi connectivity index (χ1n) is 5.53. The third kappa shape index (κ3) is 2.57. The van der Waals surface area contributed by atoms with E-state index in [4.69, 9.17) is 11.6 Å². The van der Waals surface area contributed by atoms with E-state index in [0.717, 1.165) is 11.9 Å². The first kappa shape index (κ1) is 12.3. The second kappa shape index (κ2) is 5.45. The van der Waals surface area contributed by atoms with E-state index >= 15 is 0 Å². The number of fused-ring (bicyclic) bond motifs is 1. The van der Waals surface area contributed by atoms with Crippen LogP contribution in [0.25, 0.3) is 11.0 Å². The van der Waals surface area contributed by atoms with Crippen LogP contribution in [0.15, 0.2) is 18.2 Å². The standard InChI is InChI=1S/C12H13ClF2N2/c13-8-12-16-10-7-9(15)3-4-11(10)17(12)6-2-1-5-14/h3-4,7H,1-2,5-6,8H2. The van der Waals surface area contributed by atoms with Gasteiger partial charge in [-0.25, -0.2) is 9.37 Å². The molecule has 0 unspecified atom stereocenters. The molecule has 0 aliphatic rings. The van der Waals surface area contributed by atoms with Gasteiger partial charge in [-0.15, -0.1) is 11.6 Å². The number of aromatic nitrogens is 2. The minimum atomic E-state index is -0.322. The van der Waals surface area contributed by atoms with Gasteiger partial charge in [0.1, 0.15) is 11.6 Å². The third-order valence-electron chi connectivity index (χ3n) is 2.67. The van der Waals surface area contributed by atoms with Crippen molar-refractivity contribution in [2.75, 3.05) is 6.67 Å². The van der Waals surface area contributed by atoms with Crippen molar-refractivity contribution in [1.29, 1.82) is 0 Å². The Kier molecular flexibility index (Phi) is 3.94. The van der Waals surface area contributed by atoms with Crippen LogP contribution >= 0.6 is 11.6 Å². The van der Waals surface area contributed by atoms with Crippen LogP contribution in [-0.2, 0) is 12.4 Å². The van der Waals surface area contributed by atoms with Crippen LogP contribution in [0.5, 0.6) is 0 Å². The predicted molar refractivity (Wildman–Crippen MR) is 64.5 cm³/mol. The number of unbranched alkanes of at least 4 members (excludes halogenated alkanes) is 1. The number of halogens is 3. The second-order valence-corrected chi connectivity index (χ2v) is 4.11. The topological polar surface area (TPSA) is 17.8 Å². The van der Waals surface area contributed by atoms with Crippen LogP contribution in [0.4, 0.5) is 8.78 Å². The molecule has 0 saturated carbocycles. The fourth-order valence-corrected chi connectivity index (χ4v) is 2.07. The van der Waals surface area contributed by atoms with E-state index in [0.29, 0.717) is 24.3 Å². The fraction of sp³-hybridized carbons (Fsp3) is 0.417. The molecular formula is C12H13ClF2N2. The average Bonchev–Trinajstić information content (AvgIpc) is 2.67. The molecule has 2 nitrogen and oxygen atoms in total. The van der Waals surface area contributed by atoms with E-state index in [1.807, 2.05) is 4.57 Å². The lowest BCUT2D eigenvalue weighted by Crippen LogP contribution is -2.02. The Balaban J connectivity index is 2.36. The lowest BCUT2D eigenvalue weighted by Gasteiger charge is -2.06. The van der Waals surface area contributed by atoms with Crippen molar-refractivity contribution < 1.29 is 8.78 Å². The molecule has 92 valence electrons. The molecule has 17 heavy (non-hydrogen) atoms. The molecular weight excluding hydrogens is 246 g/mol. The van der Waals surface area contributed by atoms with Crippen LogP contribution in [0.2, 0.25) is 0 Å². The molecule has 2 aromatic rings. The van der Waals surface area contributed by atoms with Gasteiger partial charge in [0.25, 0.3) is 0 Å². The van der Waals surface area contributed by atoms with E-state index in [-0.39, 0.29) is 18.4 Å². The second-order valence-electron chi connectivity index (χ2n) is 3.84. The van der Waals surface area contributed by atoms with Gasteiger partial charge in [-0.3, -0.25) is 4.39 Å². The van der Waals surface area contributed by atoms with E-state index in [2.05, 4.69) is 4.98 Å². The van der Waals surface area contributed by atoms with Gasteiger partial charge in [-0.1, -0.05) is 0 Å². The summed E-state index contributed by atoms with van der Waals surface area (Å²) in [5, 5.41) is 0. The highest BCUT2D eigenvalue weighted by Gasteiger charge is 2.10. The van der Waals surface area contributed by atoms with Crippen molar-refractivity contribution in [3.05, 3.63) is 29.8 Å². The van der Waals surface area contributed by atoms with Gasteiger partial charge in [-0.2, -0.15) is 0 Å². The number of benzene rings is 1. The first-order chi connectivity index (χ1) is 8.26. The molecule has 0 radical (unpaired) electrons. The number of rotatable bonds is 5. The van der Waals surface area contributed by atoms with Crippen LogP contribution in [0.1, 0.15) is 18.7 Å². The maximum absolute atomic E-state index is 13.1. The lowest BCUT2D eigenvalue weighted by molar-refractivity contribution is 0.447. The minimum Gasteiger partial charge on any atom is -0.327 e. The van der Waals surface area contributed by atoms with Gasteiger partial charge in [0, 0.05) is 12.6 Å². The summed E-state index contributed by atoms with van der Waals surface area (Å²) in [6.45, 7) is 0.339. The molecule has 1 aromatic carbocycles. The fourth-order valence-electron chi connectivity index (χ4n) is 1.87. The minimum absolute atomic E-state index is 0.270. The zero-order valence-electron chi connectivity index (χ0n) is 9.30. The summed E-state index contributed by atoms with van der Waals surface area (Å²) in [4.78, 5) is 4.27. The summed E-state index contributed by atoms with van der Waals surface area (Å²) in [5.74, 6) is 0.657. The molecule has 0 saturated heterocycles. The molecule has 0 aliphatic carbocycles. The molecule has 0 atom stereocenters. The molecule has 2 rings (SSSR count). The number of hydrogen-bond donors (Lipinski definition) is 0. The summed E-state index contributed by atoms with van der Waals surface area (Å²) >= 11 is 5.80. The molecule has 5 heteroatoms. The van der Waals surface area contributed by atoms with Gasteiger partial charge in [-0.05, 0) is 25.0 Å². The van der Waals surface area contributed by atoms with E-state index < -0.39 is 0 Å². The molecule has 1 heterocycles. The number of aryl methyl sites for hydroxylation is 1. The lowest BCUT2D eigenvalue weighted by atomic mass is 10.3. The third-order valence-corrected chi connectivity index (χ3v) is 2.91. The Morgan fingerprint density at radius 1 is 1.29 bits per heavy atom. The molecule has 0 bridgehead atoms. The largest absolute Gasteiger partial charge is 0.327 e. The molecule has 0 amide bonds. The van der Waals surface area contributed by atoms with E-state index in [1.54, 1.807) is 6.07 Å². The Hall–Kier alpha value is -1.16. The summed E-state index contributed by atoms with van der Waals surface area (Å²) in [5.41, 5.74) is 1.45. The summed E-state index contributed by atoms with van der Waals surface area (Å²) in [6.07, 6.45) is 1.24. The smallest absolute Gasteiger partial charge is 0.125 e. The number of alkyl halides is 2. The normalized spacial score (nSPS) is 11.2. The maximum atomic E-state index is 13.1. The molecule has 0 spiro atoms. The van der Waals surface area contributed by atoms with Gasteiger partial charge in [0.15, 0.2) is 0 Å². The highest BCUT2D eigenvalue weighted by Crippen LogP contribution is 2.19. The van der Waals surface area contributed by atoms with Crippen LogP contribution in [0.3, 0.4) is 0 Å². The Morgan fingerprint density at radius 3 is 2.82 bits per heavy atom. The van der Waals surface area contributed by atoms with Crippen molar-refractivity contribution in [2.24, 2.45) is 0 Å². The number of hydrogen-bond acceptors (Lipinski definition) is 1. The van der Waals surface area contributed by atoms with Crippen molar-refractivity contribution in [2.45, 2.75) is 25.3 Å². The summed E-state index contributed by atoms with van der Waals surface area (Å²) in [6, 6.07) is 4.47. The zero-order valence-corrected chi connectivity index (χ0v) is 10.1. The van der Waals surface area contributed by atoms with Crippen molar-refractivity contribution in [3.63, 3.8) is 0 Å². The molecule has 0 N–H and O–H groups in total. The molecule has 1 aromatic heterocycles. The monoisotopic (exact) mass is 258 g/mol. The van der Waals surface area contributed by atoms with Gasteiger partial charge >= 0.3 is 0 Å². The van der Waals surface area contributed by atoms with Crippen molar-refractivity contribution in [1.82, 2.24) is 9.55 Å². The van der Waals surface area contributed by atoms with Gasteiger partial charge < -0.3 is 4.57 Å². The number of imidazole rings is 1.